The lowest BCUT2D eigenvalue weighted by Gasteiger charge is -2.19. The lowest BCUT2D eigenvalue weighted by Crippen LogP contribution is -2.32. The van der Waals surface area contributed by atoms with Gasteiger partial charge in [0.05, 0.1) is 18.4 Å². The second-order valence-electron chi connectivity index (χ2n) is 9.20. The van der Waals surface area contributed by atoms with Crippen molar-refractivity contribution in [3.63, 3.8) is 0 Å². The maximum atomic E-state index is 12.9. The Bertz CT molecular complexity index is 1340. The van der Waals surface area contributed by atoms with E-state index < -0.39 is 17.8 Å². The van der Waals surface area contributed by atoms with Crippen molar-refractivity contribution in [3.05, 3.63) is 94.7 Å². The number of carbonyl (C=O) groups excluding carboxylic acids is 3. The number of hydrogen-bond acceptors (Lipinski definition) is 6. The number of ether oxygens (including phenoxy) is 2. The van der Waals surface area contributed by atoms with Gasteiger partial charge >= 0.3 is 5.97 Å². The monoisotopic (exact) mass is 504 g/mol. The van der Waals surface area contributed by atoms with E-state index in [-0.39, 0.29) is 16.1 Å². The summed E-state index contributed by atoms with van der Waals surface area (Å²) in [5.41, 5.74) is 2.26. The molecule has 8 heteroatoms. The molecule has 0 atom stereocenters. The van der Waals surface area contributed by atoms with Crippen LogP contribution < -0.4 is 19.7 Å². The summed E-state index contributed by atoms with van der Waals surface area (Å²) in [6.45, 7) is 6.33. The highest BCUT2D eigenvalue weighted by Gasteiger charge is 2.39. The molecule has 184 valence electrons. The molecule has 3 aromatic carbocycles. The summed E-state index contributed by atoms with van der Waals surface area (Å²) in [6, 6.07) is 20.2. The molecule has 1 N–H and O–H groups in total. The lowest BCUT2D eigenvalue weighted by molar-refractivity contribution is -0.120. The van der Waals surface area contributed by atoms with Gasteiger partial charge in [-0.25, -0.2) is 9.69 Å². The van der Waals surface area contributed by atoms with Crippen LogP contribution in [-0.2, 0) is 15.0 Å². The molecule has 1 aliphatic rings. The topological polar surface area (TPSA) is 84.9 Å². The molecule has 0 spiro atoms. The Kier molecular flexibility index (Phi) is 6.86. The first-order valence-electron chi connectivity index (χ1n) is 11.2. The van der Waals surface area contributed by atoms with E-state index in [1.807, 2.05) is 12.1 Å². The standard InChI is InChI=1S/C28H25ClN2O5/c1-28(2,3)18-7-13-22(14-8-18)36-27(34)17-5-9-19(10-6-17)30-24-23(29)25(32)31(26(24)33)20-11-15-21(35-4)16-12-20/h5-16,30H,1-4H3. The van der Waals surface area contributed by atoms with Gasteiger partial charge in [-0.3, -0.25) is 9.59 Å². The van der Waals surface area contributed by atoms with Gasteiger partial charge in [-0.15, -0.1) is 0 Å². The minimum absolute atomic E-state index is 0.000687. The van der Waals surface area contributed by atoms with Gasteiger partial charge in [0.2, 0.25) is 0 Å². The second-order valence-corrected chi connectivity index (χ2v) is 9.58. The maximum Gasteiger partial charge on any atom is 0.343 e. The minimum Gasteiger partial charge on any atom is -0.497 e. The predicted molar refractivity (Wildman–Crippen MR) is 139 cm³/mol. The Morgan fingerprint density at radius 2 is 1.42 bits per heavy atom. The smallest absolute Gasteiger partial charge is 0.343 e. The summed E-state index contributed by atoms with van der Waals surface area (Å²) >= 11 is 6.19. The van der Waals surface area contributed by atoms with Crippen molar-refractivity contribution in [2.45, 2.75) is 26.2 Å². The van der Waals surface area contributed by atoms with Crippen molar-refractivity contribution >= 4 is 40.8 Å². The fraction of sp³-hybridized carbons (Fsp3) is 0.179. The third kappa shape index (κ3) is 5.11. The van der Waals surface area contributed by atoms with Crippen LogP contribution >= 0.6 is 11.6 Å². The largest absolute Gasteiger partial charge is 0.497 e. The van der Waals surface area contributed by atoms with E-state index in [2.05, 4.69) is 26.1 Å². The summed E-state index contributed by atoms with van der Waals surface area (Å²) in [6.07, 6.45) is 0. The van der Waals surface area contributed by atoms with Crippen LogP contribution in [0.1, 0.15) is 36.7 Å². The van der Waals surface area contributed by atoms with Gasteiger partial charge in [0.1, 0.15) is 22.2 Å². The van der Waals surface area contributed by atoms with Crippen molar-refractivity contribution in [2.24, 2.45) is 0 Å². The summed E-state index contributed by atoms with van der Waals surface area (Å²) < 4.78 is 10.6. The first kappa shape index (κ1) is 25.0. The summed E-state index contributed by atoms with van der Waals surface area (Å²) in [4.78, 5) is 39.1. The molecule has 7 nitrogen and oxygen atoms in total. The van der Waals surface area contributed by atoms with E-state index in [1.54, 1.807) is 60.7 Å². The lowest BCUT2D eigenvalue weighted by atomic mass is 9.87. The molecule has 4 rings (SSSR count). The highest BCUT2D eigenvalue weighted by Crippen LogP contribution is 2.31. The molecule has 1 aliphatic heterocycles. The van der Waals surface area contributed by atoms with E-state index >= 15 is 0 Å². The molecule has 0 radical (unpaired) electrons. The number of amides is 2. The van der Waals surface area contributed by atoms with Crippen LogP contribution in [0.4, 0.5) is 11.4 Å². The molecule has 0 saturated carbocycles. The maximum absolute atomic E-state index is 12.9. The molecule has 0 bridgehead atoms. The van der Waals surface area contributed by atoms with E-state index in [9.17, 15) is 14.4 Å². The minimum atomic E-state index is -0.632. The first-order valence-corrected chi connectivity index (χ1v) is 11.6. The second kappa shape index (κ2) is 9.87. The van der Waals surface area contributed by atoms with Crippen molar-refractivity contribution in [2.75, 3.05) is 17.3 Å². The number of carbonyl (C=O) groups is 3. The number of halogens is 1. The van der Waals surface area contributed by atoms with Gasteiger partial charge in [0.15, 0.2) is 0 Å². The van der Waals surface area contributed by atoms with E-state index in [0.717, 1.165) is 10.5 Å². The van der Waals surface area contributed by atoms with Crippen molar-refractivity contribution in [1.29, 1.82) is 0 Å². The summed E-state index contributed by atoms with van der Waals surface area (Å²) in [7, 11) is 1.52. The highest BCUT2D eigenvalue weighted by molar-refractivity contribution is 6.53. The van der Waals surface area contributed by atoms with Crippen LogP contribution in [0.25, 0.3) is 0 Å². The molecule has 3 aromatic rings. The van der Waals surface area contributed by atoms with Crippen LogP contribution in [0.3, 0.4) is 0 Å². The Hall–Kier alpha value is -4.10. The average molecular weight is 505 g/mol. The van der Waals surface area contributed by atoms with Crippen LogP contribution in [0.2, 0.25) is 0 Å². The molecule has 36 heavy (non-hydrogen) atoms. The van der Waals surface area contributed by atoms with E-state index in [0.29, 0.717) is 28.4 Å². The number of imide groups is 1. The molecular weight excluding hydrogens is 480 g/mol. The first-order chi connectivity index (χ1) is 17.1. The Balaban J connectivity index is 1.44. The normalized spacial score (nSPS) is 13.8. The molecule has 1 heterocycles. The Morgan fingerprint density at radius 1 is 0.833 bits per heavy atom. The van der Waals surface area contributed by atoms with Gasteiger partial charge in [0, 0.05) is 5.69 Å². The summed E-state index contributed by atoms with van der Waals surface area (Å²) in [5.74, 6) is -0.693. The quantitative estimate of drug-likeness (QED) is 0.265. The summed E-state index contributed by atoms with van der Waals surface area (Å²) in [5, 5.41) is 2.66. The van der Waals surface area contributed by atoms with Gasteiger partial charge in [0.25, 0.3) is 11.8 Å². The third-order valence-electron chi connectivity index (χ3n) is 5.68. The molecule has 2 amide bonds. The van der Waals surface area contributed by atoms with Gasteiger partial charge in [-0.05, 0) is 71.6 Å². The Morgan fingerprint density at radius 3 is 1.97 bits per heavy atom. The van der Waals surface area contributed by atoms with Crippen molar-refractivity contribution < 1.29 is 23.9 Å². The van der Waals surface area contributed by atoms with Gasteiger partial charge in [-0.1, -0.05) is 44.5 Å². The van der Waals surface area contributed by atoms with Gasteiger partial charge < -0.3 is 14.8 Å². The van der Waals surface area contributed by atoms with Crippen LogP contribution in [0.15, 0.2) is 83.5 Å². The zero-order chi connectivity index (χ0) is 26.0. The van der Waals surface area contributed by atoms with Crippen LogP contribution in [0.5, 0.6) is 11.5 Å². The average Bonchev–Trinajstić information content (AvgIpc) is 3.07. The highest BCUT2D eigenvalue weighted by atomic mass is 35.5. The number of esters is 1. The molecule has 0 fully saturated rings. The number of benzene rings is 3. The molecule has 0 aromatic heterocycles. The third-order valence-corrected chi connectivity index (χ3v) is 6.03. The van der Waals surface area contributed by atoms with E-state index in [1.165, 1.54) is 7.11 Å². The number of rotatable bonds is 6. The fourth-order valence-electron chi connectivity index (χ4n) is 3.60. The number of nitrogens with one attached hydrogen (secondary N) is 1. The fourth-order valence-corrected chi connectivity index (χ4v) is 3.81. The number of methoxy groups -OCH3 is 1. The van der Waals surface area contributed by atoms with Crippen LogP contribution in [-0.4, -0.2) is 24.9 Å². The molecule has 0 saturated heterocycles. The van der Waals surface area contributed by atoms with E-state index in [4.69, 9.17) is 21.1 Å². The number of nitrogens with zero attached hydrogens (tertiary/aromatic N) is 1. The number of anilines is 2. The Labute approximate surface area is 214 Å². The van der Waals surface area contributed by atoms with Gasteiger partial charge in [-0.2, -0.15) is 0 Å². The SMILES string of the molecule is COc1ccc(N2C(=O)C(Cl)=C(Nc3ccc(C(=O)Oc4ccc(C(C)(C)C)cc4)cc3)C2=O)cc1. The number of hydrogen-bond donors (Lipinski definition) is 1. The van der Waals surface area contributed by atoms with Crippen molar-refractivity contribution in [3.8, 4) is 11.5 Å². The predicted octanol–water partition coefficient (Wildman–Crippen LogP) is 5.65. The molecule has 0 aliphatic carbocycles. The van der Waals surface area contributed by atoms with Crippen molar-refractivity contribution in [1.82, 2.24) is 0 Å². The molecular formula is C28H25ClN2O5. The van der Waals surface area contributed by atoms with Crippen LogP contribution in [0, 0.1) is 0 Å². The zero-order valence-corrected chi connectivity index (χ0v) is 21.1. The molecule has 0 unspecified atom stereocenters. The zero-order valence-electron chi connectivity index (χ0n) is 20.3.